The van der Waals surface area contributed by atoms with Crippen molar-refractivity contribution in [3.63, 3.8) is 0 Å². The number of likely N-dealkylation sites (tertiary alicyclic amines) is 1. The van der Waals surface area contributed by atoms with E-state index in [2.05, 4.69) is 36.0 Å². The number of piperidine rings is 1. The Morgan fingerprint density at radius 3 is 2.61 bits per heavy atom. The van der Waals surface area contributed by atoms with E-state index in [9.17, 15) is 0 Å². The molecule has 0 spiro atoms. The number of nitrogens with one attached hydrogen (secondary N) is 1. The Labute approximate surface area is 113 Å². The smallest absolute Gasteiger partial charge is 0.0220 e. The van der Waals surface area contributed by atoms with Crippen LogP contribution in [-0.2, 0) is 0 Å². The Kier molecular flexibility index (Phi) is 5.46. The minimum Gasteiger partial charge on any atom is -0.311 e. The molecule has 2 aliphatic rings. The molecule has 3 unspecified atom stereocenters. The van der Waals surface area contributed by atoms with Gasteiger partial charge in [-0.25, -0.2) is 0 Å². The topological polar surface area (TPSA) is 18.5 Å². The second kappa shape index (κ2) is 6.88. The van der Waals surface area contributed by atoms with Crippen LogP contribution in [0.5, 0.6) is 0 Å². The standard InChI is InChI=1S/C15H31N3/c1-4-13-11-18(14(5-2)10-16-13)12-15-8-6-7-9-17(15)3/h13-16H,4-12H2,1-3H3. The molecule has 3 nitrogen and oxygen atoms in total. The first kappa shape index (κ1) is 14.3. The minimum absolute atomic E-state index is 0.710. The number of nitrogens with zero attached hydrogens (tertiary/aromatic N) is 2. The highest BCUT2D eigenvalue weighted by Gasteiger charge is 2.29. The average molecular weight is 253 g/mol. The minimum atomic E-state index is 0.710. The van der Waals surface area contributed by atoms with Gasteiger partial charge in [-0.15, -0.1) is 0 Å². The maximum Gasteiger partial charge on any atom is 0.0220 e. The van der Waals surface area contributed by atoms with Crippen molar-refractivity contribution in [2.24, 2.45) is 0 Å². The summed E-state index contributed by atoms with van der Waals surface area (Å²) in [6.45, 7) is 9.65. The van der Waals surface area contributed by atoms with E-state index < -0.39 is 0 Å². The third-order valence-corrected chi connectivity index (χ3v) is 4.94. The van der Waals surface area contributed by atoms with E-state index in [0.29, 0.717) is 6.04 Å². The van der Waals surface area contributed by atoms with Crippen molar-refractivity contribution < 1.29 is 0 Å². The largest absolute Gasteiger partial charge is 0.311 e. The lowest BCUT2D eigenvalue weighted by molar-refractivity contribution is 0.0703. The van der Waals surface area contributed by atoms with Crippen LogP contribution in [0.1, 0.15) is 46.0 Å². The van der Waals surface area contributed by atoms with E-state index >= 15 is 0 Å². The summed E-state index contributed by atoms with van der Waals surface area (Å²) in [6, 6.07) is 2.26. The molecule has 0 amide bonds. The zero-order valence-electron chi connectivity index (χ0n) is 12.5. The van der Waals surface area contributed by atoms with Crippen molar-refractivity contribution in [2.75, 3.05) is 33.2 Å². The van der Waals surface area contributed by atoms with E-state index in [1.807, 2.05) is 0 Å². The van der Waals surface area contributed by atoms with Crippen LogP contribution < -0.4 is 5.32 Å². The van der Waals surface area contributed by atoms with E-state index in [1.165, 1.54) is 58.3 Å². The lowest BCUT2D eigenvalue weighted by Gasteiger charge is -2.44. The molecule has 2 aliphatic heterocycles. The summed E-state index contributed by atoms with van der Waals surface area (Å²) >= 11 is 0. The van der Waals surface area contributed by atoms with Crippen molar-refractivity contribution in [2.45, 2.75) is 64.1 Å². The number of hydrogen-bond donors (Lipinski definition) is 1. The predicted octanol–water partition coefficient (Wildman–Crippen LogP) is 1.93. The van der Waals surface area contributed by atoms with Crippen molar-refractivity contribution in [1.82, 2.24) is 15.1 Å². The van der Waals surface area contributed by atoms with Gasteiger partial charge in [-0.05, 0) is 39.3 Å². The molecule has 0 aromatic heterocycles. The Bertz CT molecular complexity index is 244. The fourth-order valence-corrected chi connectivity index (χ4v) is 3.47. The molecule has 106 valence electrons. The highest BCUT2D eigenvalue weighted by Crippen LogP contribution is 2.19. The summed E-state index contributed by atoms with van der Waals surface area (Å²) in [5.74, 6) is 0. The number of piperazine rings is 1. The fourth-order valence-electron chi connectivity index (χ4n) is 3.47. The average Bonchev–Trinajstić information content (AvgIpc) is 2.41. The van der Waals surface area contributed by atoms with Crippen LogP contribution in [0.15, 0.2) is 0 Å². The van der Waals surface area contributed by atoms with E-state index in [1.54, 1.807) is 0 Å². The zero-order valence-corrected chi connectivity index (χ0v) is 12.5. The maximum absolute atomic E-state index is 3.69. The quantitative estimate of drug-likeness (QED) is 0.826. The van der Waals surface area contributed by atoms with Gasteiger partial charge in [-0.1, -0.05) is 20.3 Å². The number of rotatable bonds is 4. The molecule has 3 heteroatoms. The summed E-state index contributed by atoms with van der Waals surface area (Å²) in [7, 11) is 2.31. The van der Waals surface area contributed by atoms with Gasteiger partial charge in [0, 0.05) is 37.8 Å². The van der Waals surface area contributed by atoms with Gasteiger partial charge in [-0.2, -0.15) is 0 Å². The van der Waals surface area contributed by atoms with Crippen LogP contribution in [0.2, 0.25) is 0 Å². The SMILES string of the molecule is CCC1CN(CC2CCCCN2C)C(CC)CN1. The zero-order chi connectivity index (χ0) is 13.0. The van der Waals surface area contributed by atoms with Gasteiger partial charge in [-0.3, -0.25) is 4.90 Å². The Morgan fingerprint density at radius 1 is 1.11 bits per heavy atom. The maximum atomic E-state index is 3.69. The van der Waals surface area contributed by atoms with Gasteiger partial charge in [0.05, 0.1) is 0 Å². The van der Waals surface area contributed by atoms with Gasteiger partial charge < -0.3 is 10.2 Å². The van der Waals surface area contributed by atoms with Crippen molar-refractivity contribution in [1.29, 1.82) is 0 Å². The first-order valence-electron chi connectivity index (χ1n) is 7.92. The first-order valence-corrected chi connectivity index (χ1v) is 7.92. The Hall–Kier alpha value is -0.120. The molecule has 0 aliphatic carbocycles. The normalized spacial score (nSPS) is 35.8. The molecule has 3 atom stereocenters. The molecule has 2 fully saturated rings. The molecule has 0 radical (unpaired) electrons. The third kappa shape index (κ3) is 3.46. The monoisotopic (exact) mass is 253 g/mol. The summed E-state index contributed by atoms with van der Waals surface area (Å²) in [5.41, 5.74) is 0. The molecule has 0 aromatic rings. The molecule has 2 saturated heterocycles. The second-order valence-electron chi connectivity index (χ2n) is 6.16. The van der Waals surface area contributed by atoms with Crippen molar-refractivity contribution in [3.05, 3.63) is 0 Å². The molecule has 2 rings (SSSR count). The van der Waals surface area contributed by atoms with Crippen molar-refractivity contribution in [3.8, 4) is 0 Å². The summed E-state index contributed by atoms with van der Waals surface area (Å²) in [4.78, 5) is 5.34. The van der Waals surface area contributed by atoms with Gasteiger partial charge >= 0.3 is 0 Å². The fraction of sp³-hybridized carbons (Fsp3) is 1.00. The second-order valence-corrected chi connectivity index (χ2v) is 6.16. The van der Waals surface area contributed by atoms with Gasteiger partial charge in [0.1, 0.15) is 0 Å². The number of likely N-dealkylation sites (N-methyl/N-ethyl adjacent to an activating group) is 1. The summed E-state index contributed by atoms with van der Waals surface area (Å²) in [6.07, 6.45) is 6.75. The molecule has 0 saturated carbocycles. The molecular weight excluding hydrogens is 222 g/mol. The van der Waals surface area contributed by atoms with E-state index in [0.717, 1.165) is 12.1 Å². The molecule has 2 heterocycles. The van der Waals surface area contributed by atoms with Gasteiger partial charge in [0.25, 0.3) is 0 Å². The summed E-state index contributed by atoms with van der Waals surface area (Å²) in [5, 5.41) is 3.69. The Morgan fingerprint density at radius 2 is 1.94 bits per heavy atom. The molecule has 0 bridgehead atoms. The molecular formula is C15H31N3. The lowest BCUT2D eigenvalue weighted by atomic mass is 9.99. The lowest BCUT2D eigenvalue weighted by Crippen LogP contribution is -2.59. The summed E-state index contributed by atoms with van der Waals surface area (Å²) < 4.78 is 0. The van der Waals surface area contributed by atoms with Gasteiger partial charge in [0.15, 0.2) is 0 Å². The predicted molar refractivity (Wildman–Crippen MR) is 78.0 cm³/mol. The first-order chi connectivity index (χ1) is 8.74. The number of hydrogen-bond acceptors (Lipinski definition) is 3. The van der Waals surface area contributed by atoms with Crippen LogP contribution in [0.3, 0.4) is 0 Å². The van der Waals surface area contributed by atoms with E-state index in [4.69, 9.17) is 0 Å². The third-order valence-electron chi connectivity index (χ3n) is 4.94. The van der Waals surface area contributed by atoms with Crippen LogP contribution in [0.4, 0.5) is 0 Å². The van der Waals surface area contributed by atoms with Crippen LogP contribution >= 0.6 is 0 Å². The molecule has 0 aromatic carbocycles. The van der Waals surface area contributed by atoms with E-state index in [-0.39, 0.29) is 0 Å². The van der Waals surface area contributed by atoms with Gasteiger partial charge in [0.2, 0.25) is 0 Å². The van der Waals surface area contributed by atoms with Crippen LogP contribution in [0.25, 0.3) is 0 Å². The van der Waals surface area contributed by atoms with Crippen LogP contribution in [0, 0.1) is 0 Å². The highest BCUT2D eigenvalue weighted by molar-refractivity contribution is 4.88. The molecule has 1 N–H and O–H groups in total. The Balaban J connectivity index is 1.91. The van der Waals surface area contributed by atoms with Crippen LogP contribution in [-0.4, -0.2) is 61.2 Å². The highest BCUT2D eigenvalue weighted by atomic mass is 15.3. The molecule has 18 heavy (non-hydrogen) atoms. The van der Waals surface area contributed by atoms with Crippen molar-refractivity contribution >= 4 is 0 Å².